The Morgan fingerprint density at radius 1 is 1.00 bits per heavy atom. The molecule has 2 N–H and O–H groups in total. The summed E-state index contributed by atoms with van der Waals surface area (Å²) >= 11 is 0. The third-order valence-corrected chi connectivity index (χ3v) is 11.8. The normalized spacial score (nSPS) is 13.3. The van der Waals surface area contributed by atoms with Gasteiger partial charge in [0.1, 0.15) is 31.1 Å². The third kappa shape index (κ3) is 6.95. The van der Waals surface area contributed by atoms with Gasteiger partial charge in [0.05, 0.1) is 30.1 Å². The second kappa shape index (κ2) is 12.8. The van der Waals surface area contributed by atoms with Crippen LogP contribution in [-0.2, 0) is 29.5 Å². The lowest BCUT2D eigenvalue weighted by atomic mass is 10.0. The van der Waals surface area contributed by atoms with E-state index in [-0.39, 0.29) is 0 Å². The number of aryl methyl sites for hydroxylation is 1. The molecule has 0 saturated heterocycles. The van der Waals surface area contributed by atoms with Crippen LogP contribution >= 0.6 is 7.14 Å². The molecule has 1 aliphatic heterocycles. The van der Waals surface area contributed by atoms with Crippen molar-refractivity contribution in [2.45, 2.75) is 38.8 Å². The largest absolute Gasteiger partial charge is 0.494 e. The van der Waals surface area contributed by atoms with Gasteiger partial charge in [0.15, 0.2) is 0 Å². The molecule has 2 aromatic carbocycles. The average molecular weight is 673 g/mol. The highest BCUT2D eigenvalue weighted by molar-refractivity contribution is 7.70. The van der Waals surface area contributed by atoms with Crippen molar-refractivity contribution < 1.29 is 14.0 Å². The van der Waals surface area contributed by atoms with E-state index in [1.165, 1.54) is 5.69 Å². The number of likely N-dealkylation sites (N-methyl/N-ethyl adjacent to an activating group) is 1. The summed E-state index contributed by atoms with van der Waals surface area (Å²) < 4.78 is 29.2. The minimum atomic E-state index is -2.57. The predicted molar refractivity (Wildman–Crippen MR) is 196 cm³/mol. The van der Waals surface area contributed by atoms with E-state index in [0.717, 1.165) is 63.5 Å². The van der Waals surface area contributed by atoms with Crippen molar-refractivity contribution in [1.82, 2.24) is 24.3 Å². The molecular weight excluding hydrogens is 627 g/mol. The van der Waals surface area contributed by atoms with Crippen molar-refractivity contribution in [3.8, 4) is 16.9 Å². The third-order valence-electron chi connectivity index (χ3n) is 8.59. The molecule has 0 aliphatic carbocycles. The Balaban J connectivity index is 1.43. The summed E-state index contributed by atoms with van der Waals surface area (Å²) in [6, 6.07) is 14.9. The summed E-state index contributed by atoms with van der Waals surface area (Å²) in [6.45, 7) is 12.5. The van der Waals surface area contributed by atoms with E-state index in [9.17, 15) is 4.57 Å². The second-order valence-electron chi connectivity index (χ2n) is 13.8. The van der Waals surface area contributed by atoms with Crippen LogP contribution in [0, 0.1) is 0 Å². The van der Waals surface area contributed by atoms with Gasteiger partial charge >= 0.3 is 0 Å². The van der Waals surface area contributed by atoms with Gasteiger partial charge in [0.25, 0.3) is 0 Å². The van der Waals surface area contributed by atoms with Crippen molar-refractivity contribution in [2.75, 3.05) is 56.2 Å². The Morgan fingerprint density at radius 2 is 1.79 bits per heavy atom. The van der Waals surface area contributed by atoms with E-state index in [1.54, 1.807) is 20.4 Å². The molecule has 0 unspecified atom stereocenters. The first-order chi connectivity index (χ1) is 22.3. The summed E-state index contributed by atoms with van der Waals surface area (Å²) in [5.41, 5.74) is 6.62. The number of anilines is 5. The highest BCUT2D eigenvalue weighted by Gasteiger charge is 2.24. The molecule has 248 valence electrons. The maximum atomic E-state index is 13.2. The maximum absolute atomic E-state index is 13.2. The monoisotopic (exact) mass is 672 g/mol. The van der Waals surface area contributed by atoms with Crippen LogP contribution in [0.2, 0.25) is 25.7 Å². The van der Waals surface area contributed by atoms with E-state index in [2.05, 4.69) is 59.5 Å². The number of ether oxygens (including phenoxy) is 2. The molecule has 4 heterocycles. The quantitative estimate of drug-likeness (QED) is 0.0881. The molecule has 0 saturated carbocycles. The minimum Gasteiger partial charge on any atom is -0.494 e. The van der Waals surface area contributed by atoms with Gasteiger partial charge in [-0.2, -0.15) is 15.1 Å². The Kier molecular flexibility index (Phi) is 8.95. The number of hydrogen-bond donors (Lipinski definition) is 2. The van der Waals surface area contributed by atoms with Crippen LogP contribution in [0.25, 0.3) is 22.2 Å². The minimum absolute atomic E-state index is 0.373. The zero-order chi connectivity index (χ0) is 33.5. The Labute approximate surface area is 277 Å². The zero-order valence-electron chi connectivity index (χ0n) is 28.6. The van der Waals surface area contributed by atoms with E-state index < -0.39 is 15.2 Å². The lowest BCUT2D eigenvalue weighted by Crippen LogP contribution is -2.22. The number of nitrogens with zero attached hydrogens (tertiary/aromatic N) is 6. The molecule has 3 aromatic heterocycles. The van der Waals surface area contributed by atoms with E-state index in [1.807, 2.05) is 59.0 Å². The summed E-state index contributed by atoms with van der Waals surface area (Å²) in [4.78, 5) is 12.2. The van der Waals surface area contributed by atoms with Gasteiger partial charge in [-0.05, 0) is 43.6 Å². The highest BCUT2D eigenvalue weighted by atomic mass is 31.2. The van der Waals surface area contributed by atoms with Crippen LogP contribution in [0.5, 0.6) is 5.75 Å². The first-order valence-corrected chi connectivity index (χ1v) is 22.2. The summed E-state index contributed by atoms with van der Waals surface area (Å²) in [7, 11) is 1.96. The Hall–Kier alpha value is -4.12. The van der Waals surface area contributed by atoms with Gasteiger partial charge < -0.3 is 34.1 Å². The van der Waals surface area contributed by atoms with Crippen LogP contribution in [-0.4, -0.2) is 73.0 Å². The fraction of sp³-hybridized carbons (Fsp3) is 0.382. The maximum Gasteiger partial charge on any atom is 0.231 e. The number of nitrogens with one attached hydrogen (secondary N) is 2. The number of benzene rings is 2. The van der Waals surface area contributed by atoms with Crippen molar-refractivity contribution >= 4 is 60.4 Å². The fourth-order valence-corrected chi connectivity index (χ4v) is 7.82. The highest BCUT2D eigenvalue weighted by Crippen LogP contribution is 2.43. The summed E-state index contributed by atoms with van der Waals surface area (Å²) in [5, 5.41) is 13.1. The van der Waals surface area contributed by atoms with Crippen LogP contribution in [0.15, 0.2) is 54.9 Å². The van der Waals surface area contributed by atoms with Crippen molar-refractivity contribution in [3.05, 3.63) is 60.6 Å². The Morgan fingerprint density at radius 3 is 2.53 bits per heavy atom. The van der Waals surface area contributed by atoms with Crippen LogP contribution < -0.4 is 25.6 Å². The van der Waals surface area contributed by atoms with Gasteiger partial charge in [-0.3, -0.25) is 4.68 Å². The Bertz CT molecular complexity index is 1980. The molecule has 5 aromatic rings. The van der Waals surface area contributed by atoms with Crippen molar-refractivity contribution in [1.29, 1.82) is 0 Å². The first-order valence-electron chi connectivity index (χ1n) is 15.9. The topological polar surface area (TPSA) is 111 Å². The zero-order valence-corrected chi connectivity index (χ0v) is 30.5. The smallest absolute Gasteiger partial charge is 0.231 e. The number of fused-ring (bicyclic) bond motifs is 4. The average Bonchev–Trinajstić information content (AvgIpc) is 3.56. The van der Waals surface area contributed by atoms with E-state index in [4.69, 9.17) is 19.4 Å². The molecule has 1 aliphatic rings. The molecule has 13 heteroatoms. The number of aromatic nitrogens is 5. The molecule has 0 fully saturated rings. The lowest BCUT2D eigenvalue weighted by molar-refractivity contribution is 0.0899. The molecule has 0 radical (unpaired) electrons. The number of methoxy groups -OCH3 is 1. The summed E-state index contributed by atoms with van der Waals surface area (Å²) in [6.07, 6.45) is 4.79. The van der Waals surface area contributed by atoms with E-state index in [0.29, 0.717) is 30.9 Å². The van der Waals surface area contributed by atoms with E-state index >= 15 is 0 Å². The number of rotatable bonds is 11. The fourth-order valence-electron chi connectivity index (χ4n) is 5.90. The van der Waals surface area contributed by atoms with Crippen molar-refractivity contribution in [2.24, 2.45) is 7.05 Å². The SMILES string of the molecule is COc1cc2c(cc1Nc1nc(Nc3ccccc3P(C)(C)=O)c3ccn(COCC[Si](C)(C)C)c3n1)-c1cnn(C)c1CCN2C. The molecular formula is C34H45N8O3PSi. The van der Waals surface area contributed by atoms with Gasteiger partial charge in [-0.1, -0.05) is 31.8 Å². The molecule has 0 bridgehead atoms. The van der Waals surface area contributed by atoms with Gasteiger partial charge in [0.2, 0.25) is 5.95 Å². The van der Waals surface area contributed by atoms with Gasteiger partial charge in [-0.25, -0.2) is 0 Å². The molecule has 0 amide bonds. The number of para-hydroxylation sites is 1. The molecule has 0 atom stereocenters. The first kappa shape index (κ1) is 32.8. The molecule has 0 spiro atoms. The van der Waals surface area contributed by atoms with Crippen LogP contribution in [0.4, 0.5) is 28.8 Å². The second-order valence-corrected chi connectivity index (χ2v) is 22.6. The lowest BCUT2D eigenvalue weighted by Gasteiger charge is -2.22. The predicted octanol–water partition coefficient (Wildman–Crippen LogP) is 6.88. The molecule has 47 heavy (non-hydrogen) atoms. The van der Waals surface area contributed by atoms with Crippen LogP contribution in [0.1, 0.15) is 5.69 Å². The van der Waals surface area contributed by atoms with Gasteiger partial charge in [0, 0.05) is 81.8 Å². The standard InChI is InChI=1S/C34H45N8O3PSi/c1-40-15-14-28-25(21-35-41(28)2)24-19-27(30(44-3)20-29(24)40)37-34-38-32(36-26-11-9-10-12-31(26)46(4,5)43)23-13-16-42(33(23)39-34)22-45-17-18-47(6,7)8/h9-13,16,19-21H,14-15,17-18,22H2,1-8H3,(H2,36,37,38,39). The number of hydrogen-bond acceptors (Lipinski definition) is 9. The van der Waals surface area contributed by atoms with Crippen LogP contribution in [0.3, 0.4) is 0 Å². The molecule has 6 rings (SSSR count). The van der Waals surface area contributed by atoms with Gasteiger partial charge in [-0.15, -0.1) is 0 Å². The molecule has 11 nitrogen and oxygen atoms in total. The summed E-state index contributed by atoms with van der Waals surface area (Å²) in [5.74, 6) is 1.67. The van der Waals surface area contributed by atoms with Crippen molar-refractivity contribution in [3.63, 3.8) is 0 Å².